The van der Waals surface area contributed by atoms with Crippen molar-refractivity contribution in [2.75, 3.05) is 0 Å². The number of aromatic amines is 1. The molecule has 0 atom stereocenters. The van der Waals surface area contributed by atoms with E-state index in [2.05, 4.69) is 11.1 Å². The first-order chi connectivity index (χ1) is 7.34. The molecule has 2 nitrogen and oxygen atoms in total. The van der Waals surface area contributed by atoms with Crippen molar-refractivity contribution < 1.29 is 0 Å². The Kier molecular flexibility index (Phi) is 2.67. The van der Waals surface area contributed by atoms with Crippen LogP contribution in [-0.4, -0.2) is 4.98 Å². The predicted octanol–water partition coefficient (Wildman–Crippen LogP) is 3.10. The summed E-state index contributed by atoms with van der Waals surface area (Å²) in [6, 6.07) is 15.5. The highest BCUT2D eigenvalue weighted by Gasteiger charge is 1.99. The van der Waals surface area contributed by atoms with E-state index in [1.807, 2.05) is 36.4 Å². The maximum atomic E-state index is 11.3. The Morgan fingerprint density at radius 1 is 0.812 bits per heavy atom. The van der Waals surface area contributed by atoms with Crippen LogP contribution in [0.3, 0.4) is 0 Å². The van der Waals surface area contributed by atoms with E-state index >= 15 is 0 Å². The second kappa shape index (κ2) is 3.99. The summed E-state index contributed by atoms with van der Waals surface area (Å²) in [4.78, 5) is 14.1. The van der Waals surface area contributed by atoms with Gasteiger partial charge in [0, 0.05) is 11.5 Å². The van der Waals surface area contributed by atoms with Gasteiger partial charge in [-0.2, -0.15) is 0 Å². The molecule has 0 fully saturated rings. The summed E-state index contributed by atoms with van der Waals surface area (Å²) in [5, 5.41) is 3.30. The minimum atomic E-state index is -0.0566. The van der Waals surface area contributed by atoms with E-state index in [1.165, 1.54) is 0 Å². The Labute approximate surface area is 98.3 Å². The first-order valence-electron chi connectivity index (χ1n) is 4.85. The lowest BCUT2D eigenvalue weighted by molar-refractivity contribution is 1.32. The molecule has 0 aliphatic heterocycles. The molecule has 1 N–H and O–H groups in total. The second-order valence-electron chi connectivity index (χ2n) is 3.57. The molecular weight excluding hydrogens is 222 g/mol. The molecule has 1 aromatic heterocycles. The van der Waals surface area contributed by atoms with E-state index in [4.69, 9.17) is 0 Å². The van der Waals surface area contributed by atoms with E-state index in [0.29, 0.717) is 0 Å². The smallest absolute Gasteiger partial charge is 0.248 e. The molecule has 0 unspecified atom stereocenters. The van der Waals surface area contributed by atoms with Gasteiger partial charge in [-0.1, -0.05) is 36.4 Å². The number of hydrogen-bond donors (Lipinski definition) is 1. The maximum absolute atomic E-state index is 11.3. The Hall–Kier alpha value is -1.80. The molecule has 0 radical (unpaired) electrons. The highest BCUT2D eigenvalue weighted by atomic mass is 35.5. The number of hydrogen-bond acceptors (Lipinski definition) is 1. The lowest BCUT2D eigenvalue weighted by Gasteiger charge is -2.02. The number of benzene rings is 2. The van der Waals surface area contributed by atoms with Crippen molar-refractivity contribution in [3.05, 3.63) is 58.9 Å². The van der Waals surface area contributed by atoms with Crippen LogP contribution in [0.15, 0.2) is 53.3 Å². The number of rotatable bonds is 0. The van der Waals surface area contributed by atoms with Crippen molar-refractivity contribution in [2.45, 2.75) is 0 Å². The highest BCUT2D eigenvalue weighted by molar-refractivity contribution is 6.04. The molecule has 3 aromatic rings. The number of H-pyrrole nitrogens is 1. The number of aromatic nitrogens is 1. The largest absolute Gasteiger partial charge is 0.321 e. The van der Waals surface area contributed by atoms with Crippen molar-refractivity contribution in [1.29, 1.82) is 0 Å². The number of halogens is 1. The van der Waals surface area contributed by atoms with Gasteiger partial charge in [0.2, 0.25) is 5.56 Å². The molecule has 0 amide bonds. The molecule has 16 heavy (non-hydrogen) atoms. The quantitative estimate of drug-likeness (QED) is 0.593. The van der Waals surface area contributed by atoms with Gasteiger partial charge in [-0.05, 0) is 16.8 Å². The van der Waals surface area contributed by atoms with Gasteiger partial charge in [0.05, 0.1) is 5.52 Å². The monoisotopic (exact) mass is 231 g/mol. The van der Waals surface area contributed by atoms with Crippen molar-refractivity contribution in [2.24, 2.45) is 0 Å². The molecule has 3 heteroatoms. The van der Waals surface area contributed by atoms with Gasteiger partial charge in [-0.25, -0.2) is 0 Å². The van der Waals surface area contributed by atoms with Crippen molar-refractivity contribution >= 4 is 34.1 Å². The van der Waals surface area contributed by atoms with Gasteiger partial charge < -0.3 is 4.98 Å². The normalized spacial score (nSPS) is 10.2. The third kappa shape index (κ3) is 1.57. The minimum absolute atomic E-state index is 0. The Morgan fingerprint density at radius 3 is 2.38 bits per heavy atom. The van der Waals surface area contributed by atoms with Crippen LogP contribution in [0, 0.1) is 0 Å². The average molecular weight is 232 g/mol. The zero-order chi connectivity index (χ0) is 10.3. The molecule has 2 aromatic carbocycles. The summed E-state index contributed by atoms with van der Waals surface area (Å²) >= 11 is 0. The standard InChI is InChI=1S/C13H9NO.ClH/c15-12-8-7-10-6-5-9-3-1-2-4-11(9)13(10)14-12;/h1-8H,(H,14,15);1H. The van der Waals surface area contributed by atoms with Gasteiger partial charge in [0.15, 0.2) is 0 Å². The molecule has 80 valence electrons. The zero-order valence-corrected chi connectivity index (χ0v) is 9.25. The van der Waals surface area contributed by atoms with E-state index in [1.54, 1.807) is 6.07 Å². The molecule has 0 aliphatic rings. The lowest BCUT2D eigenvalue weighted by Crippen LogP contribution is -2.02. The summed E-state index contributed by atoms with van der Waals surface area (Å²) in [5.41, 5.74) is 0.861. The lowest BCUT2D eigenvalue weighted by atomic mass is 10.1. The Morgan fingerprint density at radius 2 is 1.50 bits per heavy atom. The van der Waals surface area contributed by atoms with Gasteiger partial charge in [0.1, 0.15) is 0 Å². The van der Waals surface area contributed by atoms with Crippen LogP contribution < -0.4 is 5.56 Å². The molecule has 0 saturated heterocycles. The Balaban J connectivity index is 0.000000963. The molecule has 0 bridgehead atoms. The average Bonchev–Trinajstić information content (AvgIpc) is 2.29. The van der Waals surface area contributed by atoms with Crippen LogP contribution in [0.25, 0.3) is 21.7 Å². The zero-order valence-electron chi connectivity index (χ0n) is 8.44. The number of nitrogens with one attached hydrogen (secondary N) is 1. The molecule has 0 spiro atoms. The first-order valence-corrected chi connectivity index (χ1v) is 4.85. The van der Waals surface area contributed by atoms with E-state index in [9.17, 15) is 4.79 Å². The van der Waals surface area contributed by atoms with E-state index in [0.717, 1.165) is 21.7 Å². The van der Waals surface area contributed by atoms with E-state index < -0.39 is 0 Å². The van der Waals surface area contributed by atoms with Crippen LogP contribution in [0.1, 0.15) is 0 Å². The molecule has 3 rings (SSSR count). The SMILES string of the molecule is Cl.O=c1ccc2ccc3ccccc3c2[nH]1. The summed E-state index contributed by atoms with van der Waals surface area (Å²) in [7, 11) is 0. The second-order valence-corrected chi connectivity index (χ2v) is 3.57. The Bertz CT molecular complexity index is 703. The fourth-order valence-corrected chi connectivity index (χ4v) is 1.90. The summed E-state index contributed by atoms with van der Waals surface area (Å²) in [5.74, 6) is 0. The molecular formula is C13H10ClNO. The van der Waals surface area contributed by atoms with Crippen LogP contribution in [-0.2, 0) is 0 Å². The number of fused-ring (bicyclic) bond motifs is 3. The van der Waals surface area contributed by atoms with Crippen molar-refractivity contribution in [1.82, 2.24) is 4.98 Å². The van der Waals surface area contributed by atoms with Gasteiger partial charge in [0.25, 0.3) is 0 Å². The predicted molar refractivity (Wildman–Crippen MR) is 69.3 cm³/mol. The third-order valence-corrected chi connectivity index (χ3v) is 2.62. The van der Waals surface area contributed by atoms with Crippen LogP contribution in [0.5, 0.6) is 0 Å². The fourth-order valence-electron chi connectivity index (χ4n) is 1.90. The van der Waals surface area contributed by atoms with Crippen LogP contribution >= 0.6 is 12.4 Å². The third-order valence-electron chi connectivity index (χ3n) is 2.62. The maximum Gasteiger partial charge on any atom is 0.248 e. The van der Waals surface area contributed by atoms with Crippen LogP contribution in [0.4, 0.5) is 0 Å². The summed E-state index contributed by atoms with van der Waals surface area (Å²) in [6.45, 7) is 0. The fraction of sp³-hybridized carbons (Fsp3) is 0. The molecule has 0 saturated carbocycles. The summed E-state index contributed by atoms with van der Waals surface area (Å²) < 4.78 is 0. The van der Waals surface area contributed by atoms with Crippen molar-refractivity contribution in [3.8, 4) is 0 Å². The van der Waals surface area contributed by atoms with Gasteiger partial charge >= 0.3 is 0 Å². The van der Waals surface area contributed by atoms with E-state index in [-0.39, 0.29) is 18.0 Å². The molecule has 0 aliphatic carbocycles. The van der Waals surface area contributed by atoms with Crippen LogP contribution in [0.2, 0.25) is 0 Å². The highest BCUT2D eigenvalue weighted by Crippen LogP contribution is 2.21. The first kappa shape index (κ1) is 10.7. The topological polar surface area (TPSA) is 32.9 Å². The van der Waals surface area contributed by atoms with Gasteiger partial charge in [-0.3, -0.25) is 4.79 Å². The molecule has 1 heterocycles. The number of pyridine rings is 1. The minimum Gasteiger partial charge on any atom is -0.321 e. The van der Waals surface area contributed by atoms with Gasteiger partial charge in [-0.15, -0.1) is 12.4 Å². The van der Waals surface area contributed by atoms with Crippen molar-refractivity contribution in [3.63, 3.8) is 0 Å². The summed E-state index contributed by atoms with van der Waals surface area (Å²) in [6.07, 6.45) is 0.